The SMILES string of the molecule is O=C(/C=C/c1cc(Br)ccc1F)N1CCN(S(=O)(=O)Cc2ccccc2)CC1. The number of halogens is 2. The summed E-state index contributed by atoms with van der Waals surface area (Å²) in [5.74, 6) is -0.729. The molecule has 1 heterocycles. The molecular weight excluding hydrogens is 447 g/mol. The van der Waals surface area contributed by atoms with Gasteiger partial charge in [0.2, 0.25) is 15.9 Å². The first-order chi connectivity index (χ1) is 13.3. The van der Waals surface area contributed by atoms with Gasteiger partial charge in [-0.15, -0.1) is 0 Å². The second-order valence-electron chi connectivity index (χ2n) is 6.47. The topological polar surface area (TPSA) is 57.7 Å². The predicted molar refractivity (Wildman–Crippen MR) is 110 cm³/mol. The molecule has 1 aliphatic heterocycles. The Morgan fingerprint density at radius 2 is 1.75 bits per heavy atom. The lowest BCUT2D eigenvalue weighted by Crippen LogP contribution is -2.50. The lowest BCUT2D eigenvalue weighted by molar-refractivity contribution is -0.127. The normalized spacial score (nSPS) is 15.9. The summed E-state index contributed by atoms with van der Waals surface area (Å²) in [6.45, 7) is 1.11. The van der Waals surface area contributed by atoms with Gasteiger partial charge in [0, 0.05) is 42.3 Å². The third-order valence-corrected chi connectivity index (χ3v) is 6.84. The maximum absolute atomic E-state index is 13.8. The minimum atomic E-state index is -3.43. The smallest absolute Gasteiger partial charge is 0.246 e. The fourth-order valence-electron chi connectivity index (χ4n) is 2.97. The molecule has 0 aliphatic carbocycles. The molecule has 1 amide bonds. The van der Waals surface area contributed by atoms with E-state index in [1.807, 2.05) is 18.2 Å². The number of sulfonamides is 1. The number of carbonyl (C=O) groups excluding carboxylic acids is 1. The van der Waals surface area contributed by atoms with Gasteiger partial charge in [0.15, 0.2) is 0 Å². The molecule has 1 saturated heterocycles. The van der Waals surface area contributed by atoms with E-state index >= 15 is 0 Å². The van der Waals surface area contributed by atoms with E-state index in [0.29, 0.717) is 18.7 Å². The van der Waals surface area contributed by atoms with Crippen LogP contribution in [0.3, 0.4) is 0 Å². The number of rotatable bonds is 5. The molecule has 0 spiro atoms. The van der Waals surface area contributed by atoms with Crippen molar-refractivity contribution in [2.75, 3.05) is 26.2 Å². The molecule has 0 bridgehead atoms. The van der Waals surface area contributed by atoms with Crippen LogP contribution in [0.15, 0.2) is 59.1 Å². The van der Waals surface area contributed by atoms with E-state index in [-0.39, 0.29) is 24.7 Å². The lowest BCUT2D eigenvalue weighted by Gasteiger charge is -2.33. The average Bonchev–Trinajstić information content (AvgIpc) is 2.69. The molecule has 1 fully saturated rings. The van der Waals surface area contributed by atoms with Crippen molar-refractivity contribution in [1.82, 2.24) is 9.21 Å². The van der Waals surface area contributed by atoms with Crippen LogP contribution in [-0.2, 0) is 20.6 Å². The average molecular weight is 467 g/mol. The molecule has 5 nitrogen and oxygen atoms in total. The van der Waals surface area contributed by atoms with Gasteiger partial charge in [-0.05, 0) is 29.8 Å². The minimum absolute atomic E-state index is 0.0517. The highest BCUT2D eigenvalue weighted by atomic mass is 79.9. The van der Waals surface area contributed by atoms with Gasteiger partial charge in [0.25, 0.3) is 0 Å². The quantitative estimate of drug-likeness (QED) is 0.635. The second-order valence-corrected chi connectivity index (χ2v) is 9.35. The summed E-state index contributed by atoms with van der Waals surface area (Å²) < 4.78 is 41.0. The maximum atomic E-state index is 13.8. The highest BCUT2D eigenvalue weighted by Crippen LogP contribution is 2.17. The van der Waals surface area contributed by atoms with E-state index in [4.69, 9.17) is 0 Å². The summed E-state index contributed by atoms with van der Waals surface area (Å²) in [6.07, 6.45) is 2.75. The van der Waals surface area contributed by atoms with Gasteiger partial charge in [0.05, 0.1) is 5.75 Å². The number of hydrogen-bond donors (Lipinski definition) is 0. The molecule has 0 aromatic heterocycles. The lowest BCUT2D eigenvalue weighted by atomic mass is 10.2. The summed E-state index contributed by atoms with van der Waals surface area (Å²) >= 11 is 3.27. The molecule has 0 unspecified atom stereocenters. The molecular formula is C20H20BrFN2O3S. The summed E-state index contributed by atoms with van der Waals surface area (Å²) in [5.41, 5.74) is 1.05. The Bertz CT molecular complexity index is 972. The highest BCUT2D eigenvalue weighted by molar-refractivity contribution is 9.10. The first kappa shape index (κ1) is 20.7. The van der Waals surface area contributed by atoms with Gasteiger partial charge in [-0.3, -0.25) is 4.79 Å². The van der Waals surface area contributed by atoms with Gasteiger partial charge >= 0.3 is 0 Å². The first-order valence-corrected chi connectivity index (χ1v) is 11.2. The summed E-state index contributed by atoms with van der Waals surface area (Å²) in [4.78, 5) is 13.9. The van der Waals surface area contributed by atoms with E-state index in [0.717, 1.165) is 10.0 Å². The first-order valence-electron chi connectivity index (χ1n) is 8.79. The zero-order chi connectivity index (χ0) is 20.1. The van der Waals surface area contributed by atoms with Crippen molar-refractivity contribution < 1.29 is 17.6 Å². The van der Waals surface area contributed by atoms with Crippen LogP contribution in [0, 0.1) is 5.82 Å². The minimum Gasteiger partial charge on any atom is -0.337 e. The van der Waals surface area contributed by atoms with Crippen molar-refractivity contribution >= 4 is 37.9 Å². The second kappa shape index (κ2) is 8.98. The highest BCUT2D eigenvalue weighted by Gasteiger charge is 2.28. The Balaban J connectivity index is 1.58. The van der Waals surface area contributed by atoms with Crippen LogP contribution in [0.2, 0.25) is 0 Å². The molecule has 1 aliphatic rings. The molecule has 2 aromatic rings. The molecule has 0 atom stereocenters. The van der Waals surface area contributed by atoms with Crippen LogP contribution in [0.25, 0.3) is 6.08 Å². The van der Waals surface area contributed by atoms with Gasteiger partial charge in [-0.1, -0.05) is 46.3 Å². The van der Waals surface area contributed by atoms with Crippen LogP contribution < -0.4 is 0 Å². The molecule has 0 saturated carbocycles. The zero-order valence-corrected chi connectivity index (χ0v) is 17.5. The summed E-state index contributed by atoms with van der Waals surface area (Å²) in [7, 11) is -3.43. The van der Waals surface area contributed by atoms with E-state index in [2.05, 4.69) is 15.9 Å². The third-order valence-electron chi connectivity index (χ3n) is 4.50. The van der Waals surface area contributed by atoms with Crippen molar-refractivity contribution in [1.29, 1.82) is 0 Å². The predicted octanol–water partition coefficient (Wildman–Crippen LogP) is 3.28. The molecule has 148 valence electrons. The molecule has 2 aromatic carbocycles. The number of nitrogens with zero attached hydrogens (tertiary/aromatic N) is 2. The number of piperazine rings is 1. The molecule has 0 N–H and O–H groups in total. The Labute approximate surface area is 172 Å². The van der Waals surface area contributed by atoms with Crippen molar-refractivity contribution in [3.05, 3.63) is 76.0 Å². The molecule has 0 radical (unpaired) electrons. The zero-order valence-electron chi connectivity index (χ0n) is 15.1. The van der Waals surface area contributed by atoms with E-state index in [1.165, 1.54) is 22.5 Å². The Morgan fingerprint density at radius 1 is 1.07 bits per heavy atom. The molecule has 28 heavy (non-hydrogen) atoms. The van der Waals surface area contributed by atoms with E-state index in [9.17, 15) is 17.6 Å². The third kappa shape index (κ3) is 5.27. The van der Waals surface area contributed by atoms with Crippen LogP contribution in [-0.4, -0.2) is 49.7 Å². The van der Waals surface area contributed by atoms with Crippen molar-refractivity contribution in [3.8, 4) is 0 Å². The van der Waals surface area contributed by atoms with Gasteiger partial charge < -0.3 is 4.90 Å². The molecule has 3 rings (SSSR count). The molecule has 8 heteroatoms. The largest absolute Gasteiger partial charge is 0.337 e. The Morgan fingerprint density at radius 3 is 2.43 bits per heavy atom. The summed E-state index contributed by atoms with van der Waals surface area (Å²) in [5, 5.41) is 0. The van der Waals surface area contributed by atoms with E-state index in [1.54, 1.807) is 29.2 Å². The standard InChI is InChI=1S/C20H20BrFN2O3S/c21-18-7-8-19(22)17(14-18)6-9-20(25)23-10-12-24(13-11-23)28(26,27)15-16-4-2-1-3-5-16/h1-9,14H,10-13,15H2/b9-6+. The number of benzene rings is 2. The maximum Gasteiger partial charge on any atom is 0.246 e. The monoisotopic (exact) mass is 466 g/mol. The number of amides is 1. The van der Waals surface area contributed by atoms with Crippen LogP contribution in [0.5, 0.6) is 0 Å². The van der Waals surface area contributed by atoms with Crippen molar-refractivity contribution in [3.63, 3.8) is 0 Å². The fraction of sp³-hybridized carbons (Fsp3) is 0.250. The summed E-state index contributed by atoms with van der Waals surface area (Å²) in [6, 6.07) is 13.5. The van der Waals surface area contributed by atoms with Gasteiger partial charge in [-0.25, -0.2) is 12.8 Å². The van der Waals surface area contributed by atoms with Gasteiger partial charge in [0.1, 0.15) is 5.82 Å². The number of carbonyl (C=O) groups is 1. The van der Waals surface area contributed by atoms with Crippen LogP contribution >= 0.6 is 15.9 Å². The van der Waals surface area contributed by atoms with Crippen LogP contribution in [0.4, 0.5) is 4.39 Å². The van der Waals surface area contributed by atoms with Crippen LogP contribution in [0.1, 0.15) is 11.1 Å². The van der Waals surface area contributed by atoms with Crippen molar-refractivity contribution in [2.45, 2.75) is 5.75 Å². The Hall–Kier alpha value is -2.03. The van der Waals surface area contributed by atoms with E-state index < -0.39 is 15.8 Å². The number of hydrogen-bond acceptors (Lipinski definition) is 3. The van der Waals surface area contributed by atoms with Gasteiger partial charge in [-0.2, -0.15) is 4.31 Å². The Kier molecular flexibility index (Phi) is 6.64. The fourth-order valence-corrected chi connectivity index (χ4v) is 4.87. The van der Waals surface area contributed by atoms with Crippen molar-refractivity contribution in [2.24, 2.45) is 0 Å².